The van der Waals surface area contributed by atoms with Crippen molar-refractivity contribution in [3.63, 3.8) is 0 Å². The molecule has 2 unspecified atom stereocenters. The molecular formula is C5H10N2O. The second-order valence-corrected chi connectivity index (χ2v) is 2.31. The van der Waals surface area contributed by atoms with Crippen LogP contribution in [0.25, 0.3) is 0 Å². The molecule has 3 nitrogen and oxygen atoms in total. The second-order valence-electron chi connectivity index (χ2n) is 2.31. The van der Waals surface area contributed by atoms with Crippen LogP contribution in [0.4, 0.5) is 0 Å². The van der Waals surface area contributed by atoms with E-state index in [1.165, 1.54) is 0 Å². The van der Waals surface area contributed by atoms with Crippen molar-refractivity contribution in [2.75, 3.05) is 19.6 Å². The van der Waals surface area contributed by atoms with E-state index in [9.17, 15) is 0 Å². The molecule has 2 atom stereocenters. The van der Waals surface area contributed by atoms with Crippen molar-refractivity contribution in [1.82, 2.24) is 10.6 Å². The van der Waals surface area contributed by atoms with Gasteiger partial charge in [-0.1, -0.05) is 0 Å². The third-order valence-corrected chi connectivity index (χ3v) is 1.63. The molecule has 8 heavy (non-hydrogen) atoms. The lowest BCUT2D eigenvalue weighted by Crippen LogP contribution is -2.40. The Morgan fingerprint density at radius 2 is 2.25 bits per heavy atom. The minimum atomic E-state index is 0.300. The lowest BCUT2D eigenvalue weighted by Gasteiger charge is -2.19. The number of hydrogen-bond donors (Lipinski definition) is 2. The molecule has 2 bridgehead atoms. The molecule has 0 aliphatic carbocycles. The summed E-state index contributed by atoms with van der Waals surface area (Å²) in [5.74, 6) is 0. The predicted molar refractivity (Wildman–Crippen MR) is 29.5 cm³/mol. The van der Waals surface area contributed by atoms with E-state index in [1.54, 1.807) is 0 Å². The fourth-order valence-electron chi connectivity index (χ4n) is 1.21. The number of fused-ring (bicyclic) bond motifs is 2. The van der Waals surface area contributed by atoms with E-state index in [0.29, 0.717) is 12.3 Å². The van der Waals surface area contributed by atoms with E-state index in [0.717, 1.165) is 19.6 Å². The van der Waals surface area contributed by atoms with E-state index in [4.69, 9.17) is 4.74 Å². The van der Waals surface area contributed by atoms with Gasteiger partial charge in [-0.3, -0.25) is 5.32 Å². The van der Waals surface area contributed by atoms with E-state index >= 15 is 0 Å². The molecule has 2 N–H and O–H groups in total. The quantitative estimate of drug-likeness (QED) is 0.419. The predicted octanol–water partition coefficient (Wildman–Crippen LogP) is -1.10. The summed E-state index contributed by atoms with van der Waals surface area (Å²) < 4.78 is 5.42. The van der Waals surface area contributed by atoms with Crippen molar-refractivity contribution in [3.8, 4) is 0 Å². The first kappa shape index (κ1) is 4.73. The SMILES string of the molecule is C1NCC2NCC1O2. The minimum absolute atomic E-state index is 0.300. The van der Waals surface area contributed by atoms with E-state index in [-0.39, 0.29) is 0 Å². The molecule has 0 saturated carbocycles. The molecule has 2 rings (SSSR count). The summed E-state index contributed by atoms with van der Waals surface area (Å²) >= 11 is 0. The molecule has 0 aromatic heterocycles. The number of rotatable bonds is 0. The summed E-state index contributed by atoms with van der Waals surface area (Å²) in [6.07, 6.45) is 0.738. The summed E-state index contributed by atoms with van der Waals surface area (Å²) in [7, 11) is 0. The molecule has 0 amide bonds. The van der Waals surface area contributed by atoms with Crippen molar-refractivity contribution in [2.24, 2.45) is 0 Å². The van der Waals surface area contributed by atoms with Crippen molar-refractivity contribution in [2.45, 2.75) is 12.3 Å². The number of hydrogen-bond acceptors (Lipinski definition) is 3. The van der Waals surface area contributed by atoms with Crippen LogP contribution in [-0.4, -0.2) is 32.0 Å². The van der Waals surface area contributed by atoms with E-state index in [1.807, 2.05) is 0 Å². The maximum atomic E-state index is 5.42. The highest BCUT2D eigenvalue weighted by molar-refractivity contribution is 4.81. The Bertz CT molecular complexity index is 82.4. The van der Waals surface area contributed by atoms with Gasteiger partial charge in [0.1, 0.15) is 6.23 Å². The normalized spacial score (nSPS) is 45.0. The van der Waals surface area contributed by atoms with E-state index < -0.39 is 0 Å². The van der Waals surface area contributed by atoms with Gasteiger partial charge in [0.2, 0.25) is 0 Å². The first-order valence-electron chi connectivity index (χ1n) is 3.05. The zero-order valence-corrected chi connectivity index (χ0v) is 4.68. The molecule has 2 heterocycles. The van der Waals surface area contributed by atoms with Crippen LogP contribution < -0.4 is 10.6 Å². The lowest BCUT2D eigenvalue weighted by atomic mass is 10.3. The largest absolute Gasteiger partial charge is 0.356 e. The molecule has 46 valence electrons. The fourth-order valence-corrected chi connectivity index (χ4v) is 1.21. The topological polar surface area (TPSA) is 33.3 Å². The zero-order valence-electron chi connectivity index (χ0n) is 4.68. The Hall–Kier alpha value is -0.120. The van der Waals surface area contributed by atoms with Crippen LogP contribution in [0.2, 0.25) is 0 Å². The smallest absolute Gasteiger partial charge is 0.121 e. The second kappa shape index (κ2) is 1.69. The van der Waals surface area contributed by atoms with Gasteiger partial charge in [0, 0.05) is 19.6 Å². The van der Waals surface area contributed by atoms with Crippen molar-refractivity contribution in [1.29, 1.82) is 0 Å². The highest BCUT2D eigenvalue weighted by Crippen LogP contribution is 2.06. The highest BCUT2D eigenvalue weighted by atomic mass is 16.5. The van der Waals surface area contributed by atoms with Crippen LogP contribution >= 0.6 is 0 Å². The van der Waals surface area contributed by atoms with Gasteiger partial charge in [0.25, 0.3) is 0 Å². The van der Waals surface area contributed by atoms with Crippen molar-refractivity contribution < 1.29 is 4.74 Å². The van der Waals surface area contributed by atoms with Crippen LogP contribution in [0.3, 0.4) is 0 Å². The number of ether oxygens (including phenoxy) is 1. The van der Waals surface area contributed by atoms with Gasteiger partial charge >= 0.3 is 0 Å². The maximum absolute atomic E-state index is 5.42. The molecule has 0 aromatic carbocycles. The lowest BCUT2D eigenvalue weighted by molar-refractivity contribution is 0.0152. The third-order valence-electron chi connectivity index (χ3n) is 1.63. The van der Waals surface area contributed by atoms with Crippen molar-refractivity contribution >= 4 is 0 Å². The zero-order chi connectivity index (χ0) is 5.40. The Morgan fingerprint density at radius 3 is 3.00 bits per heavy atom. The van der Waals surface area contributed by atoms with Crippen molar-refractivity contribution in [3.05, 3.63) is 0 Å². The first-order valence-corrected chi connectivity index (χ1v) is 3.05. The van der Waals surface area contributed by atoms with Gasteiger partial charge in [-0.05, 0) is 0 Å². The summed E-state index contributed by atoms with van der Waals surface area (Å²) in [5, 5.41) is 6.49. The number of nitrogens with one attached hydrogen (secondary N) is 2. The Morgan fingerprint density at radius 1 is 1.25 bits per heavy atom. The monoisotopic (exact) mass is 114 g/mol. The summed E-state index contributed by atoms with van der Waals surface area (Å²) in [4.78, 5) is 0. The maximum Gasteiger partial charge on any atom is 0.121 e. The van der Waals surface area contributed by atoms with Crippen LogP contribution in [0, 0.1) is 0 Å². The van der Waals surface area contributed by atoms with Gasteiger partial charge in [-0.2, -0.15) is 0 Å². The average molecular weight is 114 g/mol. The van der Waals surface area contributed by atoms with Crippen LogP contribution in [0.5, 0.6) is 0 Å². The summed E-state index contributed by atoms with van der Waals surface area (Å²) in [6.45, 7) is 3.01. The van der Waals surface area contributed by atoms with Crippen LogP contribution in [0.1, 0.15) is 0 Å². The molecule has 0 aromatic rings. The fraction of sp³-hybridized carbons (Fsp3) is 1.00. The molecule has 2 saturated heterocycles. The Balaban J connectivity index is 2.03. The van der Waals surface area contributed by atoms with Gasteiger partial charge < -0.3 is 10.1 Å². The standard InChI is InChI=1S/C5H10N2O/c1-4-2-7-5(8-4)3-6-1/h4-7H,1-3H2. The van der Waals surface area contributed by atoms with Gasteiger partial charge in [0.15, 0.2) is 0 Å². The molecule has 0 spiro atoms. The molecule has 3 heteroatoms. The van der Waals surface area contributed by atoms with E-state index in [2.05, 4.69) is 10.6 Å². The summed E-state index contributed by atoms with van der Waals surface area (Å²) in [5.41, 5.74) is 0. The van der Waals surface area contributed by atoms with Crippen LogP contribution in [0.15, 0.2) is 0 Å². The molecule has 2 aliphatic heterocycles. The molecule has 0 radical (unpaired) electrons. The van der Waals surface area contributed by atoms with Gasteiger partial charge in [-0.25, -0.2) is 0 Å². The molecular weight excluding hydrogens is 104 g/mol. The highest BCUT2D eigenvalue weighted by Gasteiger charge is 2.27. The Kier molecular flexibility index (Phi) is 0.997. The number of morpholine rings is 1. The van der Waals surface area contributed by atoms with Gasteiger partial charge in [-0.15, -0.1) is 0 Å². The van der Waals surface area contributed by atoms with Crippen LogP contribution in [-0.2, 0) is 4.74 Å². The summed E-state index contributed by atoms with van der Waals surface area (Å²) in [6, 6.07) is 0. The Labute approximate surface area is 48.4 Å². The molecule has 2 fully saturated rings. The van der Waals surface area contributed by atoms with Gasteiger partial charge in [0.05, 0.1) is 6.10 Å². The average Bonchev–Trinajstić information content (AvgIpc) is 2.12. The minimum Gasteiger partial charge on any atom is -0.356 e. The molecule has 2 aliphatic rings. The third kappa shape index (κ3) is 0.632. The first-order chi connectivity index (χ1) is 3.95.